The van der Waals surface area contributed by atoms with Crippen molar-refractivity contribution in [2.24, 2.45) is 0 Å². The molecule has 9 aromatic carbocycles. The number of aromatic nitrogens is 1. The van der Waals surface area contributed by atoms with Crippen LogP contribution in [0.4, 0.5) is 28.4 Å². The first kappa shape index (κ1) is 51.2. The summed E-state index contributed by atoms with van der Waals surface area (Å²) in [5, 5.41) is 7.82. The quantitative estimate of drug-likeness (QED) is 0.154. The van der Waals surface area contributed by atoms with Gasteiger partial charge in [-0.1, -0.05) is 191 Å². The summed E-state index contributed by atoms with van der Waals surface area (Å²) in [6.07, 6.45) is 4.51. The van der Waals surface area contributed by atoms with Crippen LogP contribution in [0.1, 0.15) is 130 Å². The van der Waals surface area contributed by atoms with Crippen LogP contribution < -0.4 is 21.1 Å². The van der Waals surface area contributed by atoms with Gasteiger partial charge in [-0.05, 0) is 176 Å². The van der Waals surface area contributed by atoms with E-state index in [2.05, 4.69) is 279 Å². The van der Waals surface area contributed by atoms with E-state index < -0.39 is 0 Å². The van der Waals surface area contributed by atoms with E-state index in [-0.39, 0.29) is 27.1 Å². The molecule has 81 heavy (non-hydrogen) atoms. The zero-order valence-electron chi connectivity index (χ0n) is 49.2. The lowest BCUT2D eigenvalue weighted by molar-refractivity contribution is 0.332. The second-order valence-corrected chi connectivity index (χ2v) is 27.5. The van der Waals surface area contributed by atoms with Crippen LogP contribution in [-0.2, 0) is 27.1 Å². The highest BCUT2D eigenvalue weighted by Gasteiger charge is 2.42. The smallest absolute Gasteiger partial charge is 0.198 e. The lowest BCUT2D eigenvalue weighted by atomic mass is 9.58. The third-order valence-corrected chi connectivity index (χ3v) is 19.3. The Kier molecular flexibility index (Phi) is 11.5. The van der Waals surface area contributed by atoms with E-state index in [1.807, 2.05) is 0 Å². The summed E-state index contributed by atoms with van der Waals surface area (Å²) in [5.74, 6) is 0.896. The molecule has 0 spiro atoms. The van der Waals surface area contributed by atoms with Crippen molar-refractivity contribution in [2.75, 3.05) is 10.2 Å². The van der Waals surface area contributed by atoms with Crippen LogP contribution in [0.5, 0.6) is 0 Å². The van der Waals surface area contributed by atoms with E-state index in [0.29, 0.717) is 0 Å². The second-order valence-electron chi connectivity index (χ2n) is 27.5. The van der Waals surface area contributed by atoms with Crippen molar-refractivity contribution in [3.63, 3.8) is 0 Å². The van der Waals surface area contributed by atoms with Gasteiger partial charge in [0.25, 0.3) is 0 Å². The van der Waals surface area contributed by atoms with Gasteiger partial charge in [-0.15, -0.1) is 0 Å². The van der Waals surface area contributed by atoms with E-state index in [9.17, 15) is 0 Å². The Balaban J connectivity index is 1.16. The van der Waals surface area contributed by atoms with Crippen LogP contribution in [0.2, 0.25) is 0 Å². The first-order valence-electron chi connectivity index (χ1n) is 29.6. The standard InChI is InChI=1S/C76H74BN3O/c1-72(2,3)49-32-34-50(35-33-49)78-62-44-59-57(73(4,5)36-38-75(59,8)9)40-53(62)54-42-65(79(51-28-20-14-21-29-51)52-30-22-15-23-31-52)68-55-41-58-60(76(10,11)39-37-74(58,6)7)45-63(55)80-64-43-56-66(46-61(64)77-69(54)70(68)80)81-71(48-26-18-13-19-27-48)67(56)47-24-16-12-17-25-47/h12-35,40-46,77-78H,36-39H2,1-11H3. The van der Waals surface area contributed by atoms with Crippen molar-refractivity contribution in [1.29, 1.82) is 0 Å². The molecule has 1 N–H and O–H groups in total. The van der Waals surface area contributed by atoms with Crippen molar-refractivity contribution in [2.45, 2.75) is 129 Å². The van der Waals surface area contributed by atoms with Crippen LogP contribution in [0.15, 0.2) is 192 Å². The summed E-state index contributed by atoms with van der Waals surface area (Å²) < 4.78 is 9.92. The van der Waals surface area contributed by atoms with Gasteiger partial charge in [-0.3, -0.25) is 0 Å². The number of hydrogen-bond donors (Lipinski definition) is 1. The molecule has 2 aromatic heterocycles. The maximum Gasteiger partial charge on any atom is 0.198 e. The lowest BCUT2D eigenvalue weighted by Gasteiger charge is -2.42. The third-order valence-electron chi connectivity index (χ3n) is 19.3. The summed E-state index contributed by atoms with van der Waals surface area (Å²) in [5.41, 5.74) is 25.7. The van der Waals surface area contributed by atoms with E-state index in [4.69, 9.17) is 4.42 Å². The van der Waals surface area contributed by atoms with Crippen LogP contribution in [0.25, 0.3) is 72.0 Å². The third kappa shape index (κ3) is 8.31. The molecule has 0 saturated carbocycles. The Morgan fingerprint density at radius 2 is 1.04 bits per heavy atom. The topological polar surface area (TPSA) is 33.3 Å². The van der Waals surface area contributed by atoms with Gasteiger partial charge in [0.1, 0.15) is 11.3 Å². The number of benzene rings is 9. The van der Waals surface area contributed by atoms with Crippen molar-refractivity contribution in [3.8, 4) is 39.3 Å². The molecule has 0 radical (unpaired) electrons. The molecule has 402 valence electrons. The first-order valence-corrected chi connectivity index (χ1v) is 29.6. The highest BCUT2D eigenvalue weighted by molar-refractivity contribution is 6.74. The van der Waals surface area contributed by atoms with Crippen molar-refractivity contribution >= 4 is 79.4 Å². The minimum atomic E-state index is -0.0330. The molecule has 0 fully saturated rings. The molecule has 3 heterocycles. The van der Waals surface area contributed by atoms with Gasteiger partial charge in [0, 0.05) is 61.3 Å². The second kappa shape index (κ2) is 18.2. The molecule has 5 heteroatoms. The molecule has 11 aromatic rings. The number of nitrogens with one attached hydrogen (secondary N) is 1. The normalized spacial score (nSPS) is 16.4. The Bertz CT molecular complexity index is 4250. The molecule has 0 atom stereocenters. The minimum absolute atomic E-state index is 0.00560. The van der Waals surface area contributed by atoms with Gasteiger partial charge in [-0.25, -0.2) is 0 Å². The first-order chi connectivity index (χ1) is 38.8. The van der Waals surface area contributed by atoms with Crippen LogP contribution >= 0.6 is 0 Å². The van der Waals surface area contributed by atoms with Gasteiger partial charge >= 0.3 is 0 Å². The predicted octanol–water partition coefficient (Wildman–Crippen LogP) is 19.4. The fourth-order valence-corrected chi connectivity index (χ4v) is 14.3. The Labute approximate surface area is 480 Å². The molecule has 14 rings (SSSR count). The van der Waals surface area contributed by atoms with E-state index in [1.54, 1.807) is 0 Å². The maximum absolute atomic E-state index is 7.22. The van der Waals surface area contributed by atoms with E-state index >= 15 is 0 Å². The summed E-state index contributed by atoms with van der Waals surface area (Å²) in [6.45, 7) is 26.6. The molecule has 0 amide bonds. The highest BCUT2D eigenvalue weighted by Crippen LogP contribution is 2.54. The summed E-state index contributed by atoms with van der Waals surface area (Å²) in [6, 6.07) is 70.7. The van der Waals surface area contributed by atoms with E-state index in [1.165, 1.54) is 83.1 Å². The minimum Gasteiger partial charge on any atom is -0.455 e. The number of para-hydroxylation sites is 2. The van der Waals surface area contributed by atoms with Gasteiger partial charge in [0.15, 0.2) is 7.28 Å². The Morgan fingerprint density at radius 1 is 0.519 bits per heavy atom. The molecule has 0 saturated heterocycles. The average Bonchev–Trinajstić information content (AvgIpc) is 2.47. The van der Waals surface area contributed by atoms with Gasteiger partial charge in [0.05, 0.1) is 16.7 Å². The zero-order valence-corrected chi connectivity index (χ0v) is 49.2. The highest BCUT2D eigenvalue weighted by atomic mass is 16.3. The Morgan fingerprint density at radius 3 is 1.60 bits per heavy atom. The number of anilines is 5. The van der Waals surface area contributed by atoms with Crippen LogP contribution in [0.3, 0.4) is 0 Å². The SMILES string of the molecule is CC(C)(C)c1ccc(Nc2cc3c(cc2-c2cc(N(c4ccccc4)c4ccccc4)c4c5cc6c(cc5n5c4c2Bc2cc4oc(-c7ccccc7)c(-c7ccccc7)c4cc2-5)C(C)(C)CCC6(C)C)C(C)(C)CCC3(C)C)cc1. The van der Waals surface area contributed by atoms with Gasteiger partial charge in [-0.2, -0.15) is 0 Å². The van der Waals surface area contributed by atoms with Crippen molar-refractivity contribution in [3.05, 3.63) is 216 Å². The van der Waals surface area contributed by atoms with Crippen LogP contribution in [-0.4, -0.2) is 11.8 Å². The molecule has 0 unspecified atom stereocenters. The number of nitrogens with zero attached hydrogens (tertiary/aromatic N) is 2. The lowest BCUT2D eigenvalue weighted by Crippen LogP contribution is -2.38. The van der Waals surface area contributed by atoms with Crippen molar-refractivity contribution in [1.82, 2.24) is 4.57 Å². The molecule has 2 aliphatic carbocycles. The molecule has 4 nitrogen and oxygen atoms in total. The number of rotatable bonds is 8. The van der Waals surface area contributed by atoms with Gasteiger partial charge < -0.3 is 19.2 Å². The largest absolute Gasteiger partial charge is 0.455 e. The van der Waals surface area contributed by atoms with Crippen LogP contribution in [0, 0.1) is 0 Å². The fraction of sp³-hybridized carbons (Fsp3) is 0.263. The summed E-state index contributed by atoms with van der Waals surface area (Å²) in [7, 11) is 0.717. The Hall–Kier alpha value is -8.02. The number of furan rings is 1. The summed E-state index contributed by atoms with van der Waals surface area (Å²) >= 11 is 0. The van der Waals surface area contributed by atoms with E-state index in [0.717, 1.165) is 89.1 Å². The molecule has 0 bridgehead atoms. The van der Waals surface area contributed by atoms with Crippen molar-refractivity contribution < 1.29 is 4.42 Å². The monoisotopic (exact) mass is 1060 g/mol. The van der Waals surface area contributed by atoms with Gasteiger partial charge in [0.2, 0.25) is 0 Å². The summed E-state index contributed by atoms with van der Waals surface area (Å²) in [4.78, 5) is 2.54. The molecular formula is C76H74BN3O. The molecule has 3 aliphatic rings. The molecule has 1 aliphatic heterocycles. The number of hydrogen-bond acceptors (Lipinski definition) is 3. The average molecular weight is 1060 g/mol. The number of fused-ring (bicyclic) bond motifs is 8. The predicted molar refractivity (Wildman–Crippen MR) is 347 cm³/mol. The zero-order chi connectivity index (χ0) is 56.0. The maximum atomic E-state index is 7.22. The molecular weight excluding hydrogens is 982 g/mol. The fourth-order valence-electron chi connectivity index (χ4n) is 14.3.